The molecule has 0 spiro atoms. The number of hydrogen-bond acceptors (Lipinski definition) is 7. The number of benzene rings is 2. The van der Waals surface area contributed by atoms with Crippen LogP contribution in [-0.2, 0) is 9.53 Å². The fraction of sp³-hybridized carbons (Fsp3) is 0.409. The summed E-state index contributed by atoms with van der Waals surface area (Å²) in [5, 5.41) is 11.6. The maximum absolute atomic E-state index is 14.7. The summed E-state index contributed by atoms with van der Waals surface area (Å²) in [6.07, 6.45) is 0. The average Bonchev–Trinajstić information content (AvgIpc) is 2.84. The first-order chi connectivity index (χ1) is 15.9. The minimum Gasteiger partial charge on any atom is -0.481 e. The van der Waals surface area contributed by atoms with E-state index >= 15 is 0 Å². The van der Waals surface area contributed by atoms with Crippen LogP contribution in [0.5, 0.6) is 5.75 Å². The molecular formula is C22H24F2N4O5. The van der Waals surface area contributed by atoms with Gasteiger partial charge in [-0.3, -0.25) is 14.9 Å². The van der Waals surface area contributed by atoms with Crippen molar-refractivity contribution in [2.24, 2.45) is 0 Å². The summed E-state index contributed by atoms with van der Waals surface area (Å²) in [5.74, 6) is -1.50. The van der Waals surface area contributed by atoms with Crippen molar-refractivity contribution in [3.63, 3.8) is 0 Å². The van der Waals surface area contributed by atoms with Gasteiger partial charge in [0.05, 0.1) is 29.9 Å². The Morgan fingerprint density at radius 2 is 1.64 bits per heavy atom. The molecule has 1 amide bonds. The Balaban J connectivity index is 1.43. The van der Waals surface area contributed by atoms with Gasteiger partial charge in [-0.2, -0.15) is 0 Å². The molecule has 0 bridgehead atoms. The lowest BCUT2D eigenvalue weighted by Gasteiger charge is -2.36. The van der Waals surface area contributed by atoms with Gasteiger partial charge >= 0.3 is 0 Å². The van der Waals surface area contributed by atoms with Gasteiger partial charge in [-0.25, -0.2) is 8.78 Å². The second-order valence-corrected chi connectivity index (χ2v) is 7.74. The number of hydrogen-bond donors (Lipinski definition) is 0. The highest BCUT2D eigenvalue weighted by Gasteiger charge is 2.29. The Labute approximate surface area is 189 Å². The minimum atomic E-state index is -0.647. The van der Waals surface area contributed by atoms with Gasteiger partial charge in [-0.05, 0) is 18.2 Å². The summed E-state index contributed by atoms with van der Waals surface area (Å²) in [7, 11) is 0. The van der Waals surface area contributed by atoms with Crippen LogP contribution < -0.4 is 14.5 Å². The van der Waals surface area contributed by atoms with Crippen LogP contribution in [0.15, 0.2) is 36.4 Å². The zero-order valence-electron chi connectivity index (χ0n) is 17.9. The number of nitrogens with zero attached hydrogens (tertiary/aromatic N) is 4. The molecular weight excluding hydrogens is 438 g/mol. The maximum atomic E-state index is 14.7. The summed E-state index contributed by atoms with van der Waals surface area (Å²) >= 11 is 0. The molecule has 0 aromatic heterocycles. The third-order valence-corrected chi connectivity index (χ3v) is 5.75. The molecule has 33 heavy (non-hydrogen) atoms. The van der Waals surface area contributed by atoms with Gasteiger partial charge < -0.3 is 24.2 Å². The topological polar surface area (TPSA) is 88.4 Å². The van der Waals surface area contributed by atoms with Gasteiger partial charge in [0.1, 0.15) is 5.69 Å². The largest absolute Gasteiger partial charge is 0.481 e. The zero-order valence-corrected chi connectivity index (χ0v) is 17.9. The van der Waals surface area contributed by atoms with E-state index in [1.54, 1.807) is 15.9 Å². The summed E-state index contributed by atoms with van der Waals surface area (Å²) in [6.45, 7) is 2.89. The SMILES string of the molecule is O=C(COc1ccccc1F)N1CCN(c2cc(N3CCOCC3)c(F)cc2[N+](=O)[O-])CC1. The van der Waals surface area contributed by atoms with Gasteiger partial charge in [0, 0.05) is 39.3 Å². The number of nitro benzene ring substituents is 1. The first-order valence-electron chi connectivity index (χ1n) is 10.6. The number of halogens is 2. The van der Waals surface area contributed by atoms with E-state index in [1.807, 2.05) is 4.90 Å². The molecule has 4 rings (SSSR count). The molecule has 0 atom stereocenters. The van der Waals surface area contributed by atoms with Crippen molar-refractivity contribution in [2.45, 2.75) is 0 Å². The van der Waals surface area contributed by atoms with Crippen LogP contribution in [0.3, 0.4) is 0 Å². The molecule has 11 heteroatoms. The number of nitro groups is 1. The number of amides is 1. The summed E-state index contributed by atoms with van der Waals surface area (Å²) in [6, 6.07) is 8.31. The van der Waals surface area contributed by atoms with Crippen LogP contribution in [0.4, 0.5) is 25.8 Å². The van der Waals surface area contributed by atoms with Gasteiger partial charge in [0.2, 0.25) is 0 Å². The smallest absolute Gasteiger partial charge is 0.295 e. The van der Waals surface area contributed by atoms with Crippen molar-refractivity contribution in [1.29, 1.82) is 0 Å². The number of piperazine rings is 1. The number of para-hydroxylation sites is 1. The van der Waals surface area contributed by atoms with E-state index in [0.29, 0.717) is 63.9 Å². The van der Waals surface area contributed by atoms with Crippen molar-refractivity contribution in [2.75, 3.05) is 68.9 Å². The third kappa shape index (κ3) is 5.14. The Hall–Kier alpha value is -3.47. The summed E-state index contributed by atoms with van der Waals surface area (Å²) in [5.41, 5.74) is 0.306. The maximum Gasteiger partial charge on any atom is 0.295 e. The highest BCUT2D eigenvalue weighted by molar-refractivity contribution is 5.78. The van der Waals surface area contributed by atoms with Gasteiger partial charge in [-0.1, -0.05) is 12.1 Å². The number of anilines is 2. The average molecular weight is 462 g/mol. The van der Waals surface area contributed by atoms with Gasteiger partial charge in [-0.15, -0.1) is 0 Å². The Morgan fingerprint density at radius 3 is 2.30 bits per heavy atom. The van der Waals surface area contributed by atoms with Crippen molar-refractivity contribution < 1.29 is 28.0 Å². The van der Waals surface area contributed by atoms with Crippen molar-refractivity contribution in [1.82, 2.24) is 4.90 Å². The highest BCUT2D eigenvalue weighted by atomic mass is 19.1. The lowest BCUT2D eigenvalue weighted by molar-refractivity contribution is -0.384. The lowest BCUT2D eigenvalue weighted by atomic mass is 10.1. The van der Waals surface area contributed by atoms with Crippen molar-refractivity contribution in [3.8, 4) is 5.75 Å². The Morgan fingerprint density at radius 1 is 0.970 bits per heavy atom. The van der Waals surface area contributed by atoms with Crippen LogP contribution >= 0.6 is 0 Å². The van der Waals surface area contributed by atoms with Crippen molar-refractivity contribution in [3.05, 3.63) is 58.1 Å². The van der Waals surface area contributed by atoms with E-state index in [2.05, 4.69) is 0 Å². The molecule has 2 saturated heterocycles. The predicted molar refractivity (Wildman–Crippen MR) is 117 cm³/mol. The summed E-state index contributed by atoms with van der Waals surface area (Å²) < 4.78 is 38.9. The van der Waals surface area contributed by atoms with E-state index in [4.69, 9.17) is 9.47 Å². The van der Waals surface area contributed by atoms with Crippen LogP contribution in [0.2, 0.25) is 0 Å². The molecule has 0 saturated carbocycles. The lowest BCUT2D eigenvalue weighted by Crippen LogP contribution is -2.50. The van der Waals surface area contributed by atoms with Crippen LogP contribution in [0.25, 0.3) is 0 Å². The Bertz CT molecular complexity index is 1020. The number of rotatable bonds is 6. The van der Waals surface area contributed by atoms with Crippen molar-refractivity contribution >= 4 is 23.0 Å². The molecule has 2 aliphatic heterocycles. The number of ether oxygens (including phenoxy) is 2. The molecule has 2 aliphatic rings. The molecule has 0 unspecified atom stereocenters. The van der Waals surface area contributed by atoms with E-state index in [-0.39, 0.29) is 24.0 Å². The molecule has 9 nitrogen and oxygen atoms in total. The van der Waals surface area contributed by atoms with Crippen LogP contribution in [-0.4, -0.2) is 74.8 Å². The normalized spacial score (nSPS) is 16.6. The number of morpholine rings is 1. The molecule has 2 heterocycles. The first kappa shape index (κ1) is 22.7. The zero-order chi connectivity index (χ0) is 23.4. The van der Waals surface area contributed by atoms with Gasteiger partial charge in [0.15, 0.2) is 24.0 Å². The van der Waals surface area contributed by atoms with Crippen LogP contribution in [0, 0.1) is 21.7 Å². The van der Waals surface area contributed by atoms with Crippen LogP contribution in [0.1, 0.15) is 0 Å². The molecule has 2 aromatic carbocycles. The number of carbonyl (C=O) groups is 1. The quantitative estimate of drug-likeness (QED) is 0.481. The molecule has 0 radical (unpaired) electrons. The Kier molecular flexibility index (Phi) is 6.87. The molecule has 0 N–H and O–H groups in total. The van der Waals surface area contributed by atoms with E-state index in [9.17, 15) is 23.7 Å². The first-order valence-corrected chi connectivity index (χ1v) is 10.6. The number of carbonyl (C=O) groups excluding carboxylic acids is 1. The highest BCUT2D eigenvalue weighted by Crippen LogP contribution is 2.36. The van der Waals surface area contributed by atoms with E-state index in [1.165, 1.54) is 24.3 Å². The van der Waals surface area contributed by atoms with E-state index in [0.717, 1.165) is 6.07 Å². The summed E-state index contributed by atoms with van der Waals surface area (Å²) in [4.78, 5) is 28.6. The fourth-order valence-electron chi connectivity index (χ4n) is 3.98. The predicted octanol–water partition coefficient (Wildman–Crippen LogP) is 2.44. The second kappa shape index (κ2) is 9.99. The molecule has 2 fully saturated rings. The second-order valence-electron chi connectivity index (χ2n) is 7.74. The molecule has 176 valence electrons. The monoisotopic (exact) mass is 462 g/mol. The third-order valence-electron chi connectivity index (χ3n) is 5.75. The van der Waals surface area contributed by atoms with E-state index < -0.39 is 16.6 Å². The molecule has 2 aromatic rings. The fourth-order valence-corrected chi connectivity index (χ4v) is 3.98. The molecule has 0 aliphatic carbocycles. The standard InChI is InChI=1S/C22H24F2N4O5/c23-16-3-1-2-4-21(16)33-15-22(29)27-7-5-25(6-8-27)19-14-18(26-9-11-32-12-10-26)17(24)13-20(19)28(30)31/h1-4,13-14H,5-12,15H2. The van der Waals surface area contributed by atoms with Gasteiger partial charge in [0.25, 0.3) is 11.6 Å². The minimum absolute atomic E-state index is 0.00191.